The Labute approximate surface area is 88.5 Å². The van der Waals surface area contributed by atoms with Crippen LogP contribution in [0.15, 0.2) is 22.8 Å². The van der Waals surface area contributed by atoms with Crippen LogP contribution in [0.4, 0.5) is 0 Å². The van der Waals surface area contributed by atoms with Crippen LogP contribution in [0, 0.1) is 13.8 Å². The molecule has 1 nitrogen and oxygen atoms in total. The first-order valence-electron chi connectivity index (χ1n) is 4.12. The minimum absolute atomic E-state index is 1.17. The van der Waals surface area contributed by atoms with E-state index in [9.17, 15) is 0 Å². The Bertz CT molecular complexity index is 431. The molecule has 13 heavy (non-hydrogen) atoms. The van der Waals surface area contributed by atoms with Crippen molar-refractivity contribution in [1.82, 2.24) is 4.34 Å². The van der Waals surface area contributed by atoms with Gasteiger partial charge in [0.15, 0.2) is 0 Å². The van der Waals surface area contributed by atoms with Crippen molar-refractivity contribution in [2.75, 3.05) is 0 Å². The van der Waals surface area contributed by atoms with E-state index >= 15 is 0 Å². The minimum Gasteiger partial charge on any atom is -0.332 e. The Morgan fingerprint density at radius 2 is 1.92 bits per heavy atom. The summed E-state index contributed by atoms with van der Waals surface area (Å²) >= 11 is 3.54. The van der Waals surface area contributed by atoms with E-state index in [1.807, 2.05) is 0 Å². The number of halogens is 1. The zero-order valence-corrected chi connectivity index (χ0v) is 10.4. The molecule has 0 aliphatic carbocycles. The van der Waals surface area contributed by atoms with Gasteiger partial charge in [0.1, 0.15) is 0 Å². The molecule has 1 aromatic heterocycles. The number of benzene rings is 1. The second-order valence-corrected chi connectivity index (χ2v) is 4.75. The summed E-state index contributed by atoms with van der Waals surface area (Å²) in [5.41, 5.74) is 3.85. The molecule has 2 rings (SSSR count). The molecule has 0 fully saturated rings. The Morgan fingerprint density at radius 1 is 1.23 bits per heavy atom. The molecule has 0 spiro atoms. The summed E-state index contributed by atoms with van der Waals surface area (Å²) in [5.74, 6) is 0. The molecule has 0 bridgehead atoms. The van der Waals surface area contributed by atoms with Gasteiger partial charge < -0.3 is 4.34 Å². The molecule has 1 heterocycles. The van der Waals surface area contributed by atoms with Crippen LogP contribution >= 0.6 is 25.3 Å². The van der Waals surface area contributed by atoms with Gasteiger partial charge in [-0.15, -0.1) is 0 Å². The van der Waals surface area contributed by atoms with Crippen LogP contribution in [0.5, 0.6) is 0 Å². The summed E-state index contributed by atoms with van der Waals surface area (Å²) in [6, 6.07) is 4.37. The van der Waals surface area contributed by atoms with Crippen molar-refractivity contribution in [3.63, 3.8) is 0 Å². The van der Waals surface area contributed by atoms with Crippen LogP contribution in [0.1, 0.15) is 11.1 Å². The van der Waals surface area contributed by atoms with Crippen molar-refractivity contribution < 1.29 is 0 Å². The number of aryl methyl sites for hydroxylation is 2. The molecule has 0 radical (unpaired) electrons. The maximum atomic E-state index is 3.54. The number of hydrogen-bond donors (Lipinski definition) is 0. The lowest BCUT2D eigenvalue weighted by Gasteiger charge is -2.00. The van der Waals surface area contributed by atoms with Gasteiger partial charge in [-0.1, -0.05) is 15.9 Å². The first-order valence-corrected chi connectivity index (χ1v) is 5.43. The lowest BCUT2D eigenvalue weighted by Crippen LogP contribution is -1.79. The zero-order chi connectivity index (χ0) is 9.59. The third-order valence-corrected chi connectivity index (χ3v) is 3.59. The number of nitrogens with zero attached hydrogens (tertiary/aromatic N) is 1. The van der Waals surface area contributed by atoms with Gasteiger partial charge in [-0.3, -0.25) is 0 Å². The average molecular weight is 256 g/mol. The smallest absolute Gasteiger partial charge is 0.0523 e. The Hall–Kier alpha value is -0.330. The van der Waals surface area contributed by atoms with Crippen molar-refractivity contribution in [2.45, 2.75) is 13.8 Å². The summed E-state index contributed by atoms with van der Waals surface area (Å²) in [4.78, 5) is 0. The molecule has 0 amide bonds. The molecule has 1 unspecified atom stereocenters. The van der Waals surface area contributed by atoms with E-state index in [1.54, 1.807) is 0 Å². The van der Waals surface area contributed by atoms with Crippen molar-refractivity contribution in [1.29, 1.82) is 0 Å². The quantitative estimate of drug-likeness (QED) is 0.634. The Balaban J connectivity index is 2.91. The highest BCUT2D eigenvalue weighted by Gasteiger charge is 2.05. The third kappa shape index (κ3) is 1.43. The second-order valence-electron chi connectivity index (χ2n) is 3.34. The third-order valence-electron chi connectivity index (χ3n) is 2.31. The van der Waals surface area contributed by atoms with Crippen LogP contribution in [-0.4, -0.2) is 4.34 Å². The zero-order valence-electron chi connectivity index (χ0n) is 7.63. The van der Waals surface area contributed by atoms with Crippen molar-refractivity contribution in [3.8, 4) is 0 Å². The van der Waals surface area contributed by atoms with Gasteiger partial charge in [0.05, 0.1) is 5.52 Å². The van der Waals surface area contributed by atoms with Gasteiger partial charge in [-0.05, 0) is 46.5 Å². The molecule has 0 aliphatic heterocycles. The van der Waals surface area contributed by atoms with Crippen LogP contribution in [0.3, 0.4) is 0 Å². The molecule has 68 valence electrons. The van der Waals surface area contributed by atoms with Crippen LogP contribution in [-0.2, 0) is 0 Å². The van der Waals surface area contributed by atoms with E-state index < -0.39 is 0 Å². The lowest BCUT2D eigenvalue weighted by atomic mass is 10.1. The molecule has 1 aromatic carbocycles. The monoisotopic (exact) mass is 255 g/mol. The van der Waals surface area contributed by atoms with Crippen molar-refractivity contribution in [3.05, 3.63) is 33.9 Å². The summed E-state index contributed by atoms with van der Waals surface area (Å²) in [7, 11) is 2.70. The number of aromatic nitrogens is 1. The number of fused-ring (bicyclic) bond motifs is 1. The fraction of sp³-hybridized carbons (Fsp3) is 0.200. The fourth-order valence-electron chi connectivity index (χ4n) is 1.55. The van der Waals surface area contributed by atoms with Gasteiger partial charge in [0, 0.05) is 16.1 Å². The first kappa shape index (κ1) is 9.23. The van der Waals surface area contributed by atoms with E-state index in [1.165, 1.54) is 26.5 Å². The molecular formula is C10H11BrNP. The van der Waals surface area contributed by atoms with E-state index in [2.05, 4.69) is 61.8 Å². The summed E-state index contributed by atoms with van der Waals surface area (Å²) < 4.78 is 3.25. The standard InChI is InChI=1S/C10H11BrNP/c1-6-3-8-7(2)5-12(13)10(8)4-9(6)11/h3-5H,13H2,1-2H3. The Morgan fingerprint density at radius 3 is 2.62 bits per heavy atom. The highest BCUT2D eigenvalue weighted by Crippen LogP contribution is 2.28. The van der Waals surface area contributed by atoms with Gasteiger partial charge in [-0.25, -0.2) is 0 Å². The summed E-state index contributed by atoms with van der Waals surface area (Å²) in [6.45, 7) is 4.25. The molecule has 1 atom stereocenters. The van der Waals surface area contributed by atoms with Gasteiger partial charge in [-0.2, -0.15) is 0 Å². The van der Waals surface area contributed by atoms with Crippen LogP contribution in [0.2, 0.25) is 0 Å². The number of hydrogen-bond acceptors (Lipinski definition) is 0. The van der Waals surface area contributed by atoms with E-state index in [0.29, 0.717) is 0 Å². The van der Waals surface area contributed by atoms with E-state index in [0.717, 1.165) is 0 Å². The van der Waals surface area contributed by atoms with Gasteiger partial charge in [0.2, 0.25) is 0 Å². The van der Waals surface area contributed by atoms with Crippen LogP contribution in [0.25, 0.3) is 10.9 Å². The topological polar surface area (TPSA) is 4.93 Å². The van der Waals surface area contributed by atoms with E-state index in [4.69, 9.17) is 0 Å². The summed E-state index contributed by atoms with van der Waals surface area (Å²) in [6.07, 6.45) is 2.13. The van der Waals surface area contributed by atoms with Crippen molar-refractivity contribution in [2.24, 2.45) is 0 Å². The second kappa shape index (κ2) is 3.11. The SMILES string of the molecule is Cc1cc2c(C)cn(P)c2cc1Br. The summed E-state index contributed by atoms with van der Waals surface area (Å²) in [5, 5.41) is 1.33. The van der Waals surface area contributed by atoms with Crippen molar-refractivity contribution >= 4 is 36.2 Å². The molecule has 0 aliphatic rings. The fourth-order valence-corrected chi connectivity index (χ4v) is 2.32. The van der Waals surface area contributed by atoms with Gasteiger partial charge >= 0.3 is 0 Å². The van der Waals surface area contributed by atoms with E-state index in [-0.39, 0.29) is 0 Å². The largest absolute Gasteiger partial charge is 0.332 e. The van der Waals surface area contributed by atoms with Gasteiger partial charge in [0.25, 0.3) is 0 Å². The maximum absolute atomic E-state index is 3.54. The van der Waals surface area contributed by atoms with Crippen LogP contribution < -0.4 is 0 Å². The predicted octanol–water partition coefficient (Wildman–Crippen LogP) is 3.66. The molecule has 0 saturated carbocycles. The molecule has 0 saturated heterocycles. The normalized spacial score (nSPS) is 11.1. The maximum Gasteiger partial charge on any atom is 0.0523 e. The number of rotatable bonds is 0. The first-order chi connectivity index (χ1) is 6.09. The molecule has 2 aromatic rings. The highest BCUT2D eigenvalue weighted by atomic mass is 79.9. The minimum atomic E-state index is 1.17. The molecule has 0 N–H and O–H groups in total. The molecular weight excluding hydrogens is 245 g/mol. The predicted molar refractivity (Wildman–Crippen MR) is 64.2 cm³/mol. The Kier molecular flexibility index (Phi) is 2.21. The lowest BCUT2D eigenvalue weighted by molar-refractivity contribution is 1.32. The average Bonchev–Trinajstić information content (AvgIpc) is 2.31. The molecule has 3 heteroatoms. The highest BCUT2D eigenvalue weighted by molar-refractivity contribution is 9.10.